The molecule has 0 aliphatic carbocycles. The van der Waals surface area contributed by atoms with Gasteiger partial charge < -0.3 is 4.74 Å². The molecular formula is C6H7F3O2. The number of esters is 1. The average Bonchev–Trinajstić information content (AvgIpc) is 1.93. The molecule has 0 radical (unpaired) electrons. The van der Waals surface area contributed by atoms with Gasteiger partial charge in [-0.25, -0.2) is 9.18 Å². The van der Waals surface area contributed by atoms with E-state index < -0.39 is 23.7 Å². The van der Waals surface area contributed by atoms with Crippen molar-refractivity contribution >= 4 is 5.97 Å². The van der Waals surface area contributed by atoms with E-state index in [1.54, 1.807) is 0 Å². The monoisotopic (exact) mass is 168 g/mol. The van der Waals surface area contributed by atoms with Gasteiger partial charge in [-0.05, 0) is 13.8 Å². The molecule has 0 N–H and O–H groups in total. The Kier molecular flexibility index (Phi) is 1.44. The predicted octanol–water partition coefficient (Wildman–Crippen LogP) is 1.30. The number of ether oxygens (including phenoxy) is 1. The van der Waals surface area contributed by atoms with Crippen molar-refractivity contribution in [1.82, 2.24) is 0 Å². The molecule has 1 heterocycles. The first-order chi connectivity index (χ1) is 4.79. The first-order valence-corrected chi connectivity index (χ1v) is 3.04. The number of hydrogen-bond donors (Lipinski definition) is 0. The molecule has 1 aliphatic rings. The largest absolute Gasteiger partial charge is 0.451 e. The molecule has 1 rings (SSSR count). The number of carbonyl (C=O) groups is 1. The van der Waals surface area contributed by atoms with Crippen LogP contribution in [0, 0.1) is 0 Å². The topological polar surface area (TPSA) is 26.3 Å². The quantitative estimate of drug-likeness (QED) is 0.509. The van der Waals surface area contributed by atoms with Gasteiger partial charge in [-0.1, -0.05) is 0 Å². The second kappa shape index (κ2) is 1.89. The highest BCUT2D eigenvalue weighted by Gasteiger charge is 2.65. The second-order valence-electron chi connectivity index (χ2n) is 2.92. The van der Waals surface area contributed by atoms with Crippen LogP contribution in [0.3, 0.4) is 0 Å². The van der Waals surface area contributed by atoms with Crippen molar-refractivity contribution in [2.45, 2.75) is 31.5 Å². The minimum atomic E-state index is -3.72. The lowest BCUT2D eigenvalue weighted by atomic mass is 10.00. The summed E-state index contributed by atoms with van der Waals surface area (Å²) in [5.74, 6) is -5.20. The Bertz CT molecular complexity index is 200. The van der Waals surface area contributed by atoms with E-state index in [0.29, 0.717) is 0 Å². The zero-order chi connectivity index (χ0) is 8.86. The fourth-order valence-corrected chi connectivity index (χ4v) is 0.824. The van der Waals surface area contributed by atoms with Crippen molar-refractivity contribution in [2.75, 3.05) is 0 Å². The van der Waals surface area contributed by atoms with Gasteiger partial charge in [0.15, 0.2) is 5.60 Å². The lowest BCUT2D eigenvalue weighted by molar-refractivity contribution is -0.156. The van der Waals surface area contributed by atoms with Crippen LogP contribution in [0.25, 0.3) is 0 Å². The maximum absolute atomic E-state index is 12.6. The molecule has 0 aromatic heterocycles. The minimum absolute atomic E-state index is 0.977. The van der Waals surface area contributed by atoms with E-state index in [9.17, 15) is 18.0 Å². The Hall–Kier alpha value is -0.740. The highest BCUT2D eigenvalue weighted by atomic mass is 19.3. The Morgan fingerprint density at radius 1 is 1.45 bits per heavy atom. The maximum atomic E-state index is 12.6. The molecule has 0 amide bonds. The van der Waals surface area contributed by atoms with Crippen LogP contribution in [0.5, 0.6) is 0 Å². The van der Waals surface area contributed by atoms with Crippen LogP contribution in [-0.4, -0.2) is 23.7 Å². The van der Waals surface area contributed by atoms with Gasteiger partial charge in [0.2, 0.25) is 0 Å². The summed E-state index contributed by atoms with van der Waals surface area (Å²) in [6.45, 7) is 1.95. The first-order valence-electron chi connectivity index (χ1n) is 3.04. The molecular weight excluding hydrogens is 161 g/mol. The third-order valence-corrected chi connectivity index (χ3v) is 1.68. The molecule has 0 saturated carbocycles. The smallest absolute Gasteiger partial charge is 0.348 e. The van der Waals surface area contributed by atoms with E-state index in [-0.39, 0.29) is 0 Å². The van der Waals surface area contributed by atoms with E-state index >= 15 is 0 Å². The number of halogens is 3. The normalized spacial score (nSPS) is 33.5. The van der Waals surface area contributed by atoms with Crippen LogP contribution in [0.4, 0.5) is 13.2 Å². The maximum Gasteiger partial charge on any atom is 0.348 e. The summed E-state index contributed by atoms with van der Waals surface area (Å²) in [4.78, 5) is 10.3. The molecule has 0 spiro atoms. The van der Waals surface area contributed by atoms with Crippen LogP contribution in [0.2, 0.25) is 0 Å². The standard InChI is InChI=1S/C6H7F3O2/c1-5(2)6(8,9)3(7)4(10)11-5/h3H,1-2H3. The number of hydrogen-bond acceptors (Lipinski definition) is 2. The van der Waals surface area contributed by atoms with Gasteiger partial charge in [-0.15, -0.1) is 0 Å². The third kappa shape index (κ3) is 0.902. The van der Waals surface area contributed by atoms with E-state index in [2.05, 4.69) is 4.74 Å². The molecule has 1 atom stereocenters. The van der Waals surface area contributed by atoms with Crippen LogP contribution in [-0.2, 0) is 9.53 Å². The molecule has 2 nitrogen and oxygen atoms in total. The lowest BCUT2D eigenvalue weighted by Crippen LogP contribution is -2.43. The zero-order valence-electron chi connectivity index (χ0n) is 6.03. The van der Waals surface area contributed by atoms with Gasteiger partial charge in [-0.2, -0.15) is 8.78 Å². The molecule has 0 bridgehead atoms. The molecule has 1 aliphatic heterocycles. The van der Waals surface area contributed by atoms with Gasteiger partial charge in [0.1, 0.15) is 0 Å². The van der Waals surface area contributed by atoms with E-state index in [1.807, 2.05) is 0 Å². The van der Waals surface area contributed by atoms with E-state index in [1.165, 1.54) is 0 Å². The SMILES string of the molecule is CC1(C)OC(=O)C(F)C1(F)F. The minimum Gasteiger partial charge on any atom is -0.451 e. The number of cyclic esters (lactones) is 1. The Morgan fingerprint density at radius 2 is 1.91 bits per heavy atom. The fourth-order valence-electron chi connectivity index (χ4n) is 0.824. The van der Waals surface area contributed by atoms with Crippen molar-refractivity contribution in [3.63, 3.8) is 0 Å². The summed E-state index contributed by atoms with van der Waals surface area (Å²) in [5.41, 5.74) is -2.02. The number of rotatable bonds is 0. The van der Waals surface area contributed by atoms with Crippen LogP contribution in [0.1, 0.15) is 13.8 Å². The van der Waals surface area contributed by atoms with Crippen LogP contribution < -0.4 is 0 Å². The van der Waals surface area contributed by atoms with Crippen LogP contribution in [0.15, 0.2) is 0 Å². The van der Waals surface area contributed by atoms with Crippen molar-refractivity contribution in [1.29, 1.82) is 0 Å². The van der Waals surface area contributed by atoms with Crippen LogP contribution >= 0.6 is 0 Å². The molecule has 11 heavy (non-hydrogen) atoms. The summed E-state index contributed by atoms with van der Waals surface area (Å²) >= 11 is 0. The van der Waals surface area contributed by atoms with Crippen molar-refractivity contribution < 1.29 is 22.7 Å². The average molecular weight is 168 g/mol. The molecule has 64 valence electrons. The zero-order valence-corrected chi connectivity index (χ0v) is 6.03. The summed E-state index contributed by atoms with van der Waals surface area (Å²) < 4.78 is 41.8. The van der Waals surface area contributed by atoms with E-state index in [0.717, 1.165) is 13.8 Å². The van der Waals surface area contributed by atoms with E-state index in [4.69, 9.17) is 0 Å². The third-order valence-electron chi connectivity index (χ3n) is 1.68. The Morgan fingerprint density at radius 3 is 2.00 bits per heavy atom. The number of alkyl halides is 3. The summed E-state index contributed by atoms with van der Waals surface area (Å²) in [7, 11) is 0. The Balaban J connectivity index is 3.01. The summed E-state index contributed by atoms with van der Waals surface area (Å²) in [6.07, 6.45) is -2.82. The second-order valence-corrected chi connectivity index (χ2v) is 2.92. The lowest BCUT2D eigenvalue weighted by Gasteiger charge is -2.23. The molecule has 0 aromatic carbocycles. The van der Waals surface area contributed by atoms with Gasteiger partial charge in [-0.3, -0.25) is 0 Å². The number of carbonyl (C=O) groups excluding carboxylic acids is 1. The molecule has 1 fully saturated rings. The van der Waals surface area contributed by atoms with Crippen molar-refractivity contribution in [3.05, 3.63) is 0 Å². The predicted molar refractivity (Wildman–Crippen MR) is 30.0 cm³/mol. The highest BCUT2D eigenvalue weighted by Crippen LogP contribution is 2.42. The summed E-state index contributed by atoms with van der Waals surface area (Å²) in [6, 6.07) is 0. The Labute approximate surface area is 61.3 Å². The highest BCUT2D eigenvalue weighted by molar-refractivity contribution is 5.79. The fraction of sp³-hybridized carbons (Fsp3) is 0.833. The molecule has 5 heteroatoms. The molecule has 0 aromatic rings. The van der Waals surface area contributed by atoms with Crippen molar-refractivity contribution in [2.24, 2.45) is 0 Å². The molecule has 1 unspecified atom stereocenters. The van der Waals surface area contributed by atoms with Gasteiger partial charge >= 0.3 is 11.9 Å². The van der Waals surface area contributed by atoms with Crippen molar-refractivity contribution in [3.8, 4) is 0 Å². The van der Waals surface area contributed by atoms with Gasteiger partial charge in [0.05, 0.1) is 0 Å². The van der Waals surface area contributed by atoms with Gasteiger partial charge in [0, 0.05) is 0 Å². The van der Waals surface area contributed by atoms with Gasteiger partial charge in [0.25, 0.3) is 6.17 Å². The summed E-state index contributed by atoms with van der Waals surface area (Å²) in [5, 5.41) is 0. The molecule has 1 saturated heterocycles. The first kappa shape index (κ1) is 8.36.